The highest BCUT2D eigenvalue weighted by Crippen LogP contribution is 2.45. The fourth-order valence-corrected chi connectivity index (χ4v) is 8.85. The predicted molar refractivity (Wildman–Crippen MR) is 233 cm³/mol. The SMILES string of the molecule is CC(C)(C)c1ccc(-c2ccc3sc4c(-c5cccc(-c6nc7ccccc7n6-c6ccccc6)c5)cc(-c5ccc(C(C)(C)C)cc5)cc4c3c2)cc1. The smallest absolute Gasteiger partial charge is 0.145 e. The highest BCUT2D eigenvalue weighted by Gasteiger charge is 2.19. The van der Waals surface area contributed by atoms with Crippen LogP contribution in [-0.4, -0.2) is 9.55 Å². The quantitative estimate of drug-likeness (QED) is 0.173. The van der Waals surface area contributed by atoms with Crippen molar-refractivity contribution in [3.63, 3.8) is 0 Å². The molecule has 0 amide bonds. The second kappa shape index (κ2) is 13.0. The van der Waals surface area contributed by atoms with Crippen LogP contribution in [0.25, 0.3) is 81.7 Å². The number of aromatic nitrogens is 2. The van der Waals surface area contributed by atoms with Gasteiger partial charge in [-0.05, 0) is 104 Å². The molecular formula is C51H44N2S. The zero-order valence-corrected chi connectivity index (χ0v) is 32.6. The van der Waals surface area contributed by atoms with E-state index < -0.39 is 0 Å². The van der Waals surface area contributed by atoms with Crippen LogP contribution in [0.5, 0.6) is 0 Å². The van der Waals surface area contributed by atoms with Gasteiger partial charge >= 0.3 is 0 Å². The molecule has 3 heteroatoms. The number of thiophene rings is 1. The maximum absolute atomic E-state index is 5.21. The number of hydrogen-bond donors (Lipinski definition) is 0. The lowest BCUT2D eigenvalue weighted by atomic mass is 9.86. The molecule has 0 N–H and O–H groups in total. The van der Waals surface area contributed by atoms with E-state index in [1.54, 1.807) is 0 Å². The number of nitrogens with zero attached hydrogens (tertiary/aromatic N) is 2. The lowest BCUT2D eigenvalue weighted by molar-refractivity contribution is 0.590. The minimum Gasteiger partial charge on any atom is -0.292 e. The van der Waals surface area contributed by atoms with Crippen LogP contribution < -0.4 is 0 Å². The Bertz CT molecular complexity index is 2800. The Morgan fingerprint density at radius 2 is 1.06 bits per heavy atom. The molecule has 2 heterocycles. The molecule has 9 rings (SSSR count). The van der Waals surface area contributed by atoms with E-state index in [1.807, 2.05) is 11.3 Å². The largest absolute Gasteiger partial charge is 0.292 e. The van der Waals surface area contributed by atoms with Crippen LogP contribution in [-0.2, 0) is 10.8 Å². The summed E-state index contributed by atoms with van der Waals surface area (Å²) in [5.41, 5.74) is 14.5. The Kier molecular flexibility index (Phi) is 8.17. The van der Waals surface area contributed by atoms with Crippen molar-refractivity contribution in [3.05, 3.63) is 169 Å². The summed E-state index contributed by atoms with van der Waals surface area (Å²) in [4.78, 5) is 5.21. The maximum atomic E-state index is 5.21. The van der Waals surface area contributed by atoms with Crippen LogP contribution in [0.15, 0.2) is 158 Å². The van der Waals surface area contributed by atoms with Crippen molar-refractivity contribution in [2.45, 2.75) is 52.4 Å². The van der Waals surface area contributed by atoms with Gasteiger partial charge in [-0.25, -0.2) is 4.98 Å². The van der Waals surface area contributed by atoms with E-state index in [4.69, 9.17) is 4.98 Å². The molecule has 2 aromatic heterocycles. The molecule has 0 atom stereocenters. The number of para-hydroxylation sites is 3. The van der Waals surface area contributed by atoms with Crippen LogP contribution in [0, 0.1) is 0 Å². The van der Waals surface area contributed by atoms with Crippen LogP contribution in [0.4, 0.5) is 0 Å². The summed E-state index contributed by atoms with van der Waals surface area (Å²) in [6.07, 6.45) is 0. The molecule has 0 radical (unpaired) electrons. The third kappa shape index (κ3) is 6.13. The molecule has 0 fully saturated rings. The summed E-state index contributed by atoms with van der Waals surface area (Å²) in [7, 11) is 0. The second-order valence-corrected chi connectivity index (χ2v) is 17.6. The summed E-state index contributed by atoms with van der Waals surface area (Å²) in [6.45, 7) is 13.6. The highest BCUT2D eigenvalue weighted by atomic mass is 32.1. The fourth-order valence-electron chi connectivity index (χ4n) is 7.65. The Morgan fingerprint density at radius 3 is 1.74 bits per heavy atom. The number of benzene rings is 7. The molecule has 0 aliphatic carbocycles. The van der Waals surface area contributed by atoms with E-state index in [0.29, 0.717) is 0 Å². The predicted octanol–water partition coefficient (Wildman–Crippen LogP) is 14.7. The van der Waals surface area contributed by atoms with Crippen LogP contribution >= 0.6 is 11.3 Å². The molecule has 2 nitrogen and oxygen atoms in total. The zero-order valence-electron chi connectivity index (χ0n) is 31.8. The van der Waals surface area contributed by atoms with Gasteiger partial charge in [-0.2, -0.15) is 0 Å². The Balaban J connectivity index is 1.24. The molecule has 0 aliphatic heterocycles. The average molecular weight is 717 g/mol. The van der Waals surface area contributed by atoms with Crippen LogP contribution in [0.3, 0.4) is 0 Å². The van der Waals surface area contributed by atoms with Gasteiger partial charge in [0.25, 0.3) is 0 Å². The van der Waals surface area contributed by atoms with Crippen molar-refractivity contribution in [3.8, 4) is 50.5 Å². The van der Waals surface area contributed by atoms with Crippen molar-refractivity contribution >= 4 is 42.5 Å². The molecule has 0 saturated carbocycles. The number of rotatable bonds is 5. The van der Waals surface area contributed by atoms with E-state index in [0.717, 1.165) is 28.1 Å². The molecule has 9 aromatic rings. The van der Waals surface area contributed by atoms with Gasteiger partial charge in [0.05, 0.1) is 11.0 Å². The van der Waals surface area contributed by atoms with Gasteiger partial charge in [-0.1, -0.05) is 145 Å². The second-order valence-electron chi connectivity index (χ2n) is 16.5. The number of fused-ring (bicyclic) bond motifs is 4. The monoisotopic (exact) mass is 716 g/mol. The van der Waals surface area contributed by atoms with Crippen molar-refractivity contribution in [1.82, 2.24) is 9.55 Å². The fraction of sp³-hybridized carbons (Fsp3) is 0.157. The molecular weight excluding hydrogens is 673 g/mol. The standard InChI is InChI=1S/C51H44N2S/c1-50(2,3)39-24-19-33(20-25-39)35-23-28-47-43(30-35)44-32-38(34-21-26-40(27-22-34)51(4,5)6)31-42(48(44)54-47)36-13-12-14-37(29-36)49-52-45-17-10-11-18-46(45)53(49)41-15-8-7-9-16-41/h7-32H,1-6H3. The lowest BCUT2D eigenvalue weighted by Crippen LogP contribution is -2.10. The third-order valence-corrected chi connectivity index (χ3v) is 12.0. The Hall–Kier alpha value is -5.77. The number of hydrogen-bond acceptors (Lipinski definition) is 2. The average Bonchev–Trinajstić information content (AvgIpc) is 3.76. The molecule has 54 heavy (non-hydrogen) atoms. The maximum Gasteiger partial charge on any atom is 0.145 e. The summed E-state index contributed by atoms with van der Waals surface area (Å²) in [5.74, 6) is 0.938. The minimum atomic E-state index is 0.0926. The summed E-state index contributed by atoms with van der Waals surface area (Å²) in [5, 5.41) is 2.58. The van der Waals surface area contributed by atoms with Crippen molar-refractivity contribution in [1.29, 1.82) is 0 Å². The van der Waals surface area contributed by atoms with Gasteiger partial charge in [0.2, 0.25) is 0 Å². The van der Waals surface area contributed by atoms with Crippen molar-refractivity contribution in [2.75, 3.05) is 0 Å². The van der Waals surface area contributed by atoms with Gasteiger partial charge in [0.15, 0.2) is 0 Å². The van der Waals surface area contributed by atoms with Gasteiger partial charge in [0.1, 0.15) is 5.82 Å². The van der Waals surface area contributed by atoms with Gasteiger partial charge in [-0.3, -0.25) is 4.57 Å². The molecule has 0 aliphatic rings. The number of imidazole rings is 1. The summed E-state index contributed by atoms with van der Waals surface area (Å²) < 4.78 is 4.88. The minimum absolute atomic E-state index is 0.0926. The first kappa shape index (κ1) is 34.0. The van der Waals surface area contributed by atoms with Gasteiger partial charge in [-0.15, -0.1) is 11.3 Å². The van der Waals surface area contributed by atoms with Gasteiger partial charge in [0, 0.05) is 37.0 Å². The van der Waals surface area contributed by atoms with E-state index in [9.17, 15) is 0 Å². The van der Waals surface area contributed by atoms with Crippen LogP contribution in [0.2, 0.25) is 0 Å². The molecule has 7 aromatic carbocycles. The molecule has 0 unspecified atom stereocenters. The normalized spacial score (nSPS) is 12.3. The highest BCUT2D eigenvalue weighted by molar-refractivity contribution is 7.26. The topological polar surface area (TPSA) is 17.8 Å². The summed E-state index contributed by atoms with van der Waals surface area (Å²) in [6, 6.07) is 58.0. The zero-order chi connectivity index (χ0) is 37.2. The Labute approximate surface area is 322 Å². The first-order chi connectivity index (χ1) is 26.0. The van der Waals surface area contributed by atoms with E-state index in [2.05, 4.69) is 204 Å². The first-order valence-electron chi connectivity index (χ1n) is 18.9. The third-order valence-electron chi connectivity index (χ3n) is 10.7. The summed E-state index contributed by atoms with van der Waals surface area (Å²) >= 11 is 1.89. The van der Waals surface area contributed by atoms with Crippen LogP contribution in [0.1, 0.15) is 52.7 Å². The van der Waals surface area contributed by atoms with E-state index >= 15 is 0 Å². The molecule has 0 bridgehead atoms. The Morgan fingerprint density at radius 1 is 0.463 bits per heavy atom. The van der Waals surface area contributed by atoms with E-state index in [-0.39, 0.29) is 10.8 Å². The molecule has 264 valence electrons. The van der Waals surface area contributed by atoms with E-state index in [1.165, 1.54) is 64.7 Å². The molecule has 0 spiro atoms. The van der Waals surface area contributed by atoms with Gasteiger partial charge < -0.3 is 0 Å². The van der Waals surface area contributed by atoms with Crippen molar-refractivity contribution in [2.24, 2.45) is 0 Å². The molecule has 0 saturated heterocycles. The lowest BCUT2D eigenvalue weighted by Gasteiger charge is -2.19. The van der Waals surface area contributed by atoms with Crippen molar-refractivity contribution < 1.29 is 0 Å². The first-order valence-corrected chi connectivity index (χ1v) is 19.7.